The zero-order valence-electron chi connectivity index (χ0n) is 14.7. The predicted molar refractivity (Wildman–Crippen MR) is 97.6 cm³/mol. The van der Waals surface area contributed by atoms with Crippen molar-refractivity contribution < 1.29 is 14.4 Å². The van der Waals surface area contributed by atoms with Gasteiger partial charge in [0.25, 0.3) is 5.56 Å². The van der Waals surface area contributed by atoms with Gasteiger partial charge < -0.3 is 9.30 Å². The summed E-state index contributed by atoms with van der Waals surface area (Å²) in [5.41, 5.74) is 2.45. The smallest absolute Gasteiger partial charge is 0.345 e. The first kappa shape index (κ1) is 16.2. The number of rotatable bonds is 2. The number of nitrogens with two attached hydrogens (primary N) is 1. The van der Waals surface area contributed by atoms with Gasteiger partial charge in [0, 0.05) is 16.5 Å². The molecule has 0 aliphatic carbocycles. The van der Waals surface area contributed by atoms with Gasteiger partial charge in [0.05, 0.1) is 29.0 Å². The molecule has 0 amide bonds. The lowest BCUT2D eigenvalue weighted by molar-refractivity contribution is -0.182. The van der Waals surface area contributed by atoms with Crippen LogP contribution in [0, 0.1) is 0 Å². The second kappa shape index (κ2) is 5.48. The number of esters is 1. The summed E-state index contributed by atoms with van der Waals surface area (Å²) in [4.78, 5) is 35.4. The summed E-state index contributed by atoms with van der Waals surface area (Å²) in [5.74, 6) is 4.92. The van der Waals surface area contributed by atoms with Crippen LogP contribution in [0.5, 0.6) is 0 Å². The number of ether oxygens (including phenoxy) is 1. The van der Waals surface area contributed by atoms with E-state index in [0.717, 1.165) is 22.2 Å². The van der Waals surface area contributed by atoms with Crippen LogP contribution in [0.2, 0.25) is 0 Å². The molecule has 0 bridgehead atoms. The number of hydrogen-bond acceptors (Lipinski definition) is 6. The molecule has 2 aromatic heterocycles. The topological polar surface area (TPSA) is 96.4 Å². The summed E-state index contributed by atoms with van der Waals surface area (Å²) in [5, 5.41) is 1.02. The molecule has 1 unspecified atom stereocenters. The Bertz CT molecular complexity index is 1180. The minimum absolute atomic E-state index is 0.0792. The lowest BCUT2D eigenvalue weighted by Crippen LogP contribution is -2.47. The van der Waals surface area contributed by atoms with Crippen LogP contribution < -0.4 is 11.5 Å². The number of hydrogen-bond donors (Lipinski definition) is 1. The number of pyridine rings is 2. The van der Waals surface area contributed by atoms with Gasteiger partial charge in [-0.25, -0.2) is 15.7 Å². The first-order valence-corrected chi connectivity index (χ1v) is 8.80. The lowest BCUT2D eigenvalue weighted by Gasteiger charge is -2.34. The standard InChI is InChI=1S/C20H17N3O4/c1-2-20(27-21)14-8-16-17-12(7-11-5-3-4-6-15(11)22-17)9-23(16)18(24)13(14)10-26-19(20)25/h3-8H,2,9-10,21H2,1H3. The first-order valence-electron chi connectivity index (χ1n) is 8.80. The molecule has 27 heavy (non-hydrogen) atoms. The molecule has 7 nitrogen and oxygen atoms in total. The van der Waals surface area contributed by atoms with Gasteiger partial charge in [0.2, 0.25) is 5.60 Å². The van der Waals surface area contributed by atoms with Crippen LogP contribution >= 0.6 is 0 Å². The Hall–Kier alpha value is -3.03. The Morgan fingerprint density at radius 3 is 2.89 bits per heavy atom. The highest BCUT2D eigenvalue weighted by molar-refractivity contribution is 5.86. The fourth-order valence-corrected chi connectivity index (χ4v) is 4.11. The van der Waals surface area contributed by atoms with E-state index in [2.05, 4.69) is 6.07 Å². The molecule has 5 rings (SSSR count). The molecule has 2 aliphatic heterocycles. The molecule has 136 valence electrons. The summed E-state index contributed by atoms with van der Waals surface area (Å²) in [7, 11) is 0. The number of para-hydroxylation sites is 1. The van der Waals surface area contributed by atoms with Crippen molar-refractivity contribution in [2.24, 2.45) is 5.90 Å². The van der Waals surface area contributed by atoms with Gasteiger partial charge in [-0.1, -0.05) is 25.1 Å². The maximum Gasteiger partial charge on any atom is 0.345 e. The second-order valence-corrected chi connectivity index (χ2v) is 6.88. The minimum Gasteiger partial charge on any atom is -0.458 e. The average Bonchev–Trinajstić information content (AvgIpc) is 3.05. The Balaban J connectivity index is 1.81. The zero-order chi connectivity index (χ0) is 18.8. The van der Waals surface area contributed by atoms with Crippen LogP contribution in [-0.4, -0.2) is 15.5 Å². The average molecular weight is 363 g/mol. The quantitative estimate of drug-likeness (QED) is 0.432. The molecular formula is C20H17N3O4. The van der Waals surface area contributed by atoms with Crippen LogP contribution in [-0.2, 0) is 33.1 Å². The van der Waals surface area contributed by atoms with Crippen molar-refractivity contribution in [1.29, 1.82) is 0 Å². The highest BCUT2D eigenvalue weighted by Crippen LogP contribution is 2.39. The van der Waals surface area contributed by atoms with Crippen LogP contribution in [0.3, 0.4) is 0 Å². The maximum atomic E-state index is 13.1. The van der Waals surface area contributed by atoms with E-state index in [-0.39, 0.29) is 18.6 Å². The molecule has 4 heterocycles. The van der Waals surface area contributed by atoms with Gasteiger partial charge in [-0.2, -0.15) is 0 Å². The van der Waals surface area contributed by atoms with E-state index < -0.39 is 11.6 Å². The molecule has 0 saturated heterocycles. The molecule has 1 aromatic carbocycles. The van der Waals surface area contributed by atoms with Crippen molar-refractivity contribution in [1.82, 2.24) is 9.55 Å². The molecule has 0 spiro atoms. The van der Waals surface area contributed by atoms with Crippen molar-refractivity contribution in [3.8, 4) is 11.4 Å². The van der Waals surface area contributed by atoms with Crippen LogP contribution in [0.15, 0.2) is 41.2 Å². The molecule has 1 atom stereocenters. The van der Waals surface area contributed by atoms with E-state index in [1.165, 1.54) is 0 Å². The molecule has 7 heteroatoms. The monoisotopic (exact) mass is 363 g/mol. The van der Waals surface area contributed by atoms with E-state index in [4.69, 9.17) is 20.5 Å². The fourth-order valence-electron chi connectivity index (χ4n) is 4.11. The number of aromatic nitrogens is 2. The Morgan fingerprint density at radius 1 is 1.30 bits per heavy atom. The minimum atomic E-state index is -1.47. The number of fused-ring (bicyclic) bond motifs is 5. The number of carbonyl (C=O) groups excluding carboxylic acids is 1. The van der Waals surface area contributed by atoms with E-state index >= 15 is 0 Å². The molecule has 0 radical (unpaired) electrons. The van der Waals surface area contributed by atoms with E-state index in [9.17, 15) is 9.59 Å². The number of cyclic esters (lactones) is 1. The Labute approximate surface area is 154 Å². The van der Waals surface area contributed by atoms with E-state index in [1.54, 1.807) is 17.6 Å². The van der Waals surface area contributed by atoms with Crippen molar-refractivity contribution in [2.45, 2.75) is 32.1 Å². The van der Waals surface area contributed by atoms with E-state index in [1.807, 2.05) is 24.3 Å². The molecule has 0 fully saturated rings. The van der Waals surface area contributed by atoms with Gasteiger partial charge in [0.15, 0.2) is 0 Å². The zero-order valence-corrected chi connectivity index (χ0v) is 14.7. The summed E-state index contributed by atoms with van der Waals surface area (Å²) in [6.07, 6.45) is 0.260. The third-order valence-corrected chi connectivity index (χ3v) is 5.59. The van der Waals surface area contributed by atoms with Crippen molar-refractivity contribution in [3.63, 3.8) is 0 Å². The molecular weight excluding hydrogens is 346 g/mol. The number of benzene rings is 1. The lowest BCUT2D eigenvalue weighted by atomic mass is 9.86. The summed E-state index contributed by atoms with van der Waals surface area (Å²) < 4.78 is 6.88. The molecule has 3 aromatic rings. The number of nitrogens with zero attached hydrogens (tertiary/aromatic N) is 2. The van der Waals surface area contributed by atoms with Gasteiger partial charge in [-0.3, -0.25) is 9.63 Å². The first-order chi connectivity index (χ1) is 13.1. The third-order valence-electron chi connectivity index (χ3n) is 5.59. The highest BCUT2D eigenvalue weighted by Gasteiger charge is 2.48. The Morgan fingerprint density at radius 2 is 2.11 bits per heavy atom. The third kappa shape index (κ3) is 2.01. The SMILES string of the molecule is CCC1(ON)C(=O)OCc2c1cc1n(c2=O)Cc2cc3ccccc3nc2-1. The normalized spacial score (nSPS) is 20.1. The molecule has 2 aliphatic rings. The molecule has 2 N–H and O–H groups in total. The predicted octanol–water partition coefficient (Wildman–Crippen LogP) is 1.98. The molecule has 0 saturated carbocycles. The summed E-state index contributed by atoms with van der Waals surface area (Å²) in [6.45, 7) is 2.13. The Kier molecular flexibility index (Phi) is 3.28. The van der Waals surface area contributed by atoms with Crippen LogP contribution in [0.4, 0.5) is 0 Å². The van der Waals surface area contributed by atoms with Crippen LogP contribution in [0.25, 0.3) is 22.3 Å². The van der Waals surface area contributed by atoms with E-state index in [0.29, 0.717) is 23.4 Å². The number of carbonyl (C=O) groups is 1. The summed E-state index contributed by atoms with van der Waals surface area (Å²) >= 11 is 0. The van der Waals surface area contributed by atoms with Gasteiger partial charge in [-0.05, 0) is 24.6 Å². The van der Waals surface area contributed by atoms with Gasteiger partial charge >= 0.3 is 5.97 Å². The van der Waals surface area contributed by atoms with Gasteiger partial charge in [0.1, 0.15) is 6.61 Å². The van der Waals surface area contributed by atoms with Crippen molar-refractivity contribution >= 4 is 16.9 Å². The van der Waals surface area contributed by atoms with Crippen LogP contribution in [0.1, 0.15) is 30.0 Å². The fraction of sp³-hybridized carbons (Fsp3) is 0.250. The second-order valence-electron chi connectivity index (χ2n) is 6.88. The highest BCUT2D eigenvalue weighted by atomic mass is 16.7. The summed E-state index contributed by atoms with van der Waals surface area (Å²) in [6, 6.07) is 11.7. The maximum absolute atomic E-state index is 13.1. The largest absolute Gasteiger partial charge is 0.458 e. The van der Waals surface area contributed by atoms with Crippen molar-refractivity contribution in [2.75, 3.05) is 0 Å². The van der Waals surface area contributed by atoms with Crippen molar-refractivity contribution in [3.05, 3.63) is 63.4 Å². The van der Waals surface area contributed by atoms with Gasteiger partial charge in [-0.15, -0.1) is 0 Å².